The number of hydrogen-bond donors (Lipinski definition) is 1. The molecular weight excluding hydrogens is 320 g/mol. The summed E-state index contributed by atoms with van der Waals surface area (Å²) >= 11 is 0. The number of esters is 1. The average Bonchev–Trinajstić information content (AvgIpc) is 2.54. The van der Waals surface area contributed by atoms with Crippen LogP contribution in [0.3, 0.4) is 0 Å². The molecule has 25 heavy (non-hydrogen) atoms. The van der Waals surface area contributed by atoms with Crippen LogP contribution in [0.1, 0.15) is 39.2 Å². The molecule has 1 aromatic carbocycles. The number of carbonyl (C=O) groups excluding carboxylic acids is 2. The lowest BCUT2D eigenvalue weighted by molar-refractivity contribution is -0.149. The summed E-state index contributed by atoms with van der Waals surface area (Å²) in [7, 11) is 1.40. The summed E-state index contributed by atoms with van der Waals surface area (Å²) < 4.78 is 10.3. The normalized spacial score (nSPS) is 21.4. The molecule has 0 aromatic heterocycles. The Balaban J connectivity index is 1.99. The molecule has 1 N–H and O–H groups in total. The van der Waals surface area contributed by atoms with Crippen molar-refractivity contribution in [3.8, 4) is 0 Å². The Hall–Kier alpha value is -2.08. The summed E-state index contributed by atoms with van der Waals surface area (Å²) in [6, 6.07) is 9.54. The van der Waals surface area contributed by atoms with Crippen LogP contribution in [0.5, 0.6) is 0 Å². The molecular formula is C19H28N2O4. The van der Waals surface area contributed by atoms with Crippen molar-refractivity contribution < 1.29 is 19.1 Å². The number of piperidine rings is 1. The number of nitrogens with one attached hydrogen (secondary N) is 1. The number of ether oxygens (including phenoxy) is 2. The molecule has 0 unspecified atom stereocenters. The molecule has 6 nitrogen and oxygen atoms in total. The van der Waals surface area contributed by atoms with Gasteiger partial charge in [-0.2, -0.15) is 0 Å². The molecule has 1 aromatic rings. The Bertz CT molecular complexity index is 583. The van der Waals surface area contributed by atoms with Gasteiger partial charge < -0.3 is 14.8 Å². The third-order valence-corrected chi connectivity index (χ3v) is 4.14. The maximum atomic E-state index is 12.2. The number of nitrogens with zero attached hydrogens (tertiary/aromatic N) is 1. The molecule has 2 rings (SSSR count). The van der Waals surface area contributed by atoms with E-state index in [-0.39, 0.29) is 18.1 Å². The van der Waals surface area contributed by atoms with Crippen LogP contribution in [-0.4, -0.2) is 48.3 Å². The number of amides is 1. The van der Waals surface area contributed by atoms with Gasteiger partial charge in [0.25, 0.3) is 0 Å². The van der Waals surface area contributed by atoms with E-state index in [0.717, 1.165) is 12.0 Å². The lowest BCUT2D eigenvalue weighted by atomic mass is 9.96. The smallest absolute Gasteiger partial charge is 0.407 e. The maximum Gasteiger partial charge on any atom is 0.407 e. The van der Waals surface area contributed by atoms with Gasteiger partial charge in [-0.1, -0.05) is 30.3 Å². The number of hydrogen-bond acceptors (Lipinski definition) is 5. The first-order valence-electron chi connectivity index (χ1n) is 8.64. The zero-order valence-electron chi connectivity index (χ0n) is 15.5. The Morgan fingerprint density at radius 2 is 1.92 bits per heavy atom. The zero-order valence-corrected chi connectivity index (χ0v) is 15.5. The quantitative estimate of drug-likeness (QED) is 0.848. The standard InChI is InChI=1S/C19H28N2O4/c1-19(2,3)25-18(23)20-15-10-11-21(16(12-15)17(22)24-4)13-14-8-6-5-7-9-14/h5-9,15-16H,10-13H2,1-4H3,(H,20,23)/t15-,16-/m0/s1. The van der Waals surface area contributed by atoms with E-state index in [1.807, 2.05) is 51.1 Å². The van der Waals surface area contributed by atoms with Crippen LogP contribution in [0.25, 0.3) is 0 Å². The predicted octanol–water partition coefficient (Wildman–Crippen LogP) is 2.72. The average molecular weight is 348 g/mol. The third kappa shape index (κ3) is 6.05. The monoisotopic (exact) mass is 348 g/mol. The lowest BCUT2D eigenvalue weighted by Crippen LogP contribution is -2.53. The van der Waals surface area contributed by atoms with Crippen molar-refractivity contribution in [2.75, 3.05) is 13.7 Å². The van der Waals surface area contributed by atoms with Gasteiger partial charge in [0.1, 0.15) is 11.6 Å². The van der Waals surface area contributed by atoms with Crippen LogP contribution in [0, 0.1) is 0 Å². The minimum atomic E-state index is -0.542. The summed E-state index contributed by atoms with van der Waals surface area (Å²) in [5.41, 5.74) is 0.606. The number of methoxy groups -OCH3 is 1. The number of likely N-dealkylation sites (tertiary alicyclic amines) is 1. The summed E-state index contributed by atoms with van der Waals surface area (Å²) in [6.45, 7) is 6.86. The first kappa shape index (κ1) is 19.2. The second-order valence-corrected chi connectivity index (χ2v) is 7.36. The topological polar surface area (TPSA) is 67.9 Å². The molecule has 1 aliphatic heterocycles. The third-order valence-electron chi connectivity index (χ3n) is 4.14. The molecule has 1 fully saturated rings. The van der Waals surface area contributed by atoms with Gasteiger partial charge in [-0.3, -0.25) is 9.69 Å². The summed E-state index contributed by atoms with van der Waals surface area (Å²) in [5, 5.41) is 2.87. The van der Waals surface area contributed by atoms with Gasteiger partial charge in [-0.25, -0.2) is 4.79 Å². The molecule has 0 spiro atoms. The molecule has 1 saturated heterocycles. The Labute approximate surface area is 149 Å². The molecule has 0 radical (unpaired) electrons. The molecule has 0 saturated carbocycles. The van der Waals surface area contributed by atoms with Crippen LogP contribution >= 0.6 is 0 Å². The van der Waals surface area contributed by atoms with E-state index < -0.39 is 11.7 Å². The van der Waals surface area contributed by atoms with Crippen molar-refractivity contribution in [1.82, 2.24) is 10.2 Å². The first-order chi connectivity index (χ1) is 11.8. The van der Waals surface area contributed by atoms with Gasteiger partial charge >= 0.3 is 12.1 Å². The van der Waals surface area contributed by atoms with E-state index >= 15 is 0 Å². The van der Waals surface area contributed by atoms with Gasteiger partial charge in [-0.15, -0.1) is 0 Å². The van der Waals surface area contributed by atoms with E-state index in [0.29, 0.717) is 19.5 Å². The van der Waals surface area contributed by atoms with Crippen molar-refractivity contribution in [2.24, 2.45) is 0 Å². The lowest BCUT2D eigenvalue weighted by Gasteiger charge is -2.38. The van der Waals surface area contributed by atoms with Crippen LogP contribution in [0.15, 0.2) is 30.3 Å². The van der Waals surface area contributed by atoms with Crippen molar-refractivity contribution in [2.45, 2.75) is 57.8 Å². The molecule has 1 aliphatic rings. The molecule has 0 bridgehead atoms. The largest absolute Gasteiger partial charge is 0.468 e. The van der Waals surface area contributed by atoms with E-state index in [1.54, 1.807) is 0 Å². The molecule has 1 amide bonds. The van der Waals surface area contributed by atoms with Crippen molar-refractivity contribution in [3.63, 3.8) is 0 Å². The number of benzene rings is 1. The van der Waals surface area contributed by atoms with E-state index in [1.165, 1.54) is 7.11 Å². The first-order valence-corrected chi connectivity index (χ1v) is 8.64. The molecule has 1 heterocycles. The fourth-order valence-electron chi connectivity index (χ4n) is 3.01. The second kappa shape index (κ2) is 8.34. The number of carbonyl (C=O) groups is 2. The van der Waals surface area contributed by atoms with E-state index in [4.69, 9.17) is 9.47 Å². The molecule has 138 valence electrons. The number of alkyl carbamates (subject to hydrolysis) is 1. The maximum absolute atomic E-state index is 12.2. The van der Waals surface area contributed by atoms with Crippen molar-refractivity contribution >= 4 is 12.1 Å². The molecule has 2 atom stereocenters. The summed E-state index contributed by atoms with van der Waals surface area (Å²) in [5.74, 6) is -0.272. The Morgan fingerprint density at radius 1 is 1.24 bits per heavy atom. The second-order valence-electron chi connectivity index (χ2n) is 7.36. The minimum absolute atomic E-state index is 0.106. The summed E-state index contributed by atoms with van der Waals surface area (Å²) in [6.07, 6.45) is 0.829. The van der Waals surface area contributed by atoms with Gasteiger partial charge in [0.2, 0.25) is 0 Å². The van der Waals surface area contributed by atoms with Crippen LogP contribution in [-0.2, 0) is 20.8 Å². The zero-order chi connectivity index (χ0) is 18.4. The fraction of sp³-hybridized carbons (Fsp3) is 0.579. The van der Waals surface area contributed by atoms with Gasteiger partial charge in [0.15, 0.2) is 0 Å². The highest BCUT2D eigenvalue weighted by molar-refractivity contribution is 5.76. The van der Waals surface area contributed by atoms with Gasteiger partial charge in [-0.05, 0) is 39.2 Å². The minimum Gasteiger partial charge on any atom is -0.468 e. The number of rotatable bonds is 4. The predicted molar refractivity (Wildman–Crippen MR) is 95.0 cm³/mol. The Kier molecular flexibility index (Phi) is 6.42. The Morgan fingerprint density at radius 3 is 2.52 bits per heavy atom. The molecule has 0 aliphatic carbocycles. The van der Waals surface area contributed by atoms with Crippen LogP contribution in [0.4, 0.5) is 4.79 Å². The fourth-order valence-corrected chi connectivity index (χ4v) is 3.01. The van der Waals surface area contributed by atoms with Crippen LogP contribution < -0.4 is 5.32 Å². The van der Waals surface area contributed by atoms with E-state index in [2.05, 4.69) is 10.2 Å². The van der Waals surface area contributed by atoms with Crippen molar-refractivity contribution in [1.29, 1.82) is 0 Å². The summed E-state index contributed by atoms with van der Waals surface area (Å²) in [4.78, 5) is 26.3. The van der Waals surface area contributed by atoms with Crippen molar-refractivity contribution in [3.05, 3.63) is 35.9 Å². The van der Waals surface area contributed by atoms with Gasteiger partial charge in [0.05, 0.1) is 7.11 Å². The van der Waals surface area contributed by atoms with Gasteiger partial charge in [0, 0.05) is 19.1 Å². The SMILES string of the molecule is COC(=O)[C@@H]1C[C@@H](NC(=O)OC(C)(C)C)CCN1Cc1ccccc1. The van der Waals surface area contributed by atoms with E-state index in [9.17, 15) is 9.59 Å². The highest BCUT2D eigenvalue weighted by Gasteiger charge is 2.35. The molecule has 6 heteroatoms. The highest BCUT2D eigenvalue weighted by atomic mass is 16.6. The highest BCUT2D eigenvalue weighted by Crippen LogP contribution is 2.22. The van der Waals surface area contributed by atoms with Crippen LogP contribution in [0.2, 0.25) is 0 Å².